The summed E-state index contributed by atoms with van der Waals surface area (Å²) in [4.78, 5) is 9.90. The first-order chi connectivity index (χ1) is 3.77. The molecule has 0 aliphatic rings. The number of urea groups is 1. The van der Waals surface area contributed by atoms with Gasteiger partial charge in [0.15, 0.2) is 0 Å². The van der Waals surface area contributed by atoms with Gasteiger partial charge in [-0.25, -0.2) is 4.79 Å². The number of hydrogen-bond acceptors (Lipinski definition) is 2. The minimum Gasteiger partial charge on any atom is -0.396 e. The molecule has 0 unspecified atom stereocenters. The van der Waals surface area contributed by atoms with Gasteiger partial charge in [0.2, 0.25) is 0 Å². The van der Waals surface area contributed by atoms with Gasteiger partial charge in [-0.05, 0) is 6.42 Å². The minimum atomic E-state index is -0.543. The third-order valence-corrected chi connectivity index (χ3v) is 0.634. The molecule has 8 heavy (non-hydrogen) atoms. The Morgan fingerprint density at radius 1 is 1.75 bits per heavy atom. The number of nitrogens with two attached hydrogens (primary N) is 1. The Morgan fingerprint density at radius 3 is 2.75 bits per heavy atom. The highest BCUT2D eigenvalue weighted by atomic mass is 16.3. The highest BCUT2D eigenvalue weighted by Crippen LogP contribution is 1.68. The van der Waals surface area contributed by atoms with Crippen molar-refractivity contribution in [3.05, 3.63) is 0 Å². The van der Waals surface area contributed by atoms with E-state index in [9.17, 15) is 4.79 Å². The van der Waals surface area contributed by atoms with Crippen LogP contribution in [-0.2, 0) is 0 Å². The van der Waals surface area contributed by atoms with Crippen LogP contribution in [-0.4, -0.2) is 24.3 Å². The number of hydrogen-bond donors (Lipinski definition) is 3. The van der Waals surface area contributed by atoms with Gasteiger partial charge >= 0.3 is 6.03 Å². The first-order valence-electron chi connectivity index (χ1n) is 2.41. The van der Waals surface area contributed by atoms with Crippen LogP contribution in [0, 0.1) is 0 Å². The van der Waals surface area contributed by atoms with Crippen LogP contribution in [0.5, 0.6) is 0 Å². The third-order valence-electron chi connectivity index (χ3n) is 0.634. The molecule has 0 saturated carbocycles. The number of rotatable bonds is 3. The Labute approximate surface area is 47.7 Å². The zero-order valence-electron chi connectivity index (χ0n) is 4.55. The van der Waals surface area contributed by atoms with Crippen molar-refractivity contribution in [1.82, 2.24) is 5.32 Å². The van der Waals surface area contributed by atoms with Crippen LogP contribution in [0.1, 0.15) is 6.42 Å². The van der Waals surface area contributed by atoms with Crippen LogP contribution in [0.2, 0.25) is 0 Å². The average Bonchev–Trinajstić information content (AvgIpc) is 1.66. The molecule has 2 amide bonds. The van der Waals surface area contributed by atoms with Gasteiger partial charge in [0.25, 0.3) is 0 Å². The molecule has 0 spiro atoms. The molecule has 0 aliphatic heterocycles. The van der Waals surface area contributed by atoms with Crippen LogP contribution in [0.3, 0.4) is 0 Å². The number of aliphatic hydroxyl groups is 1. The highest BCUT2D eigenvalue weighted by molar-refractivity contribution is 5.71. The first kappa shape index (κ1) is 7.23. The number of primary amides is 1. The zero-order valence-corrected chi connectivity index (χ0v) is 4.55. The maximum atomic E-state index is 9.90. The van der Waals surface area contributed by atoms with Gasteiger partial charge in [-0.15, -0.1) is 0 Å². The molecule has 0 heterocycles. The number of carbonyl (C=O) groups excluding carboxylic acids is 1. The normalized spacial score (nSPS) is 8.62. The summed E-state index contributed by atoms with van der Waals surface area (Å²) in [5, 5.41) is 10.5. The second-order valence-corrected chi connectivity index (χ2v) is 1.37. The second kappa shape index (κ2) is 4.39. The lowest BCUT2D eigenvalue weighted by atomic mass is 10.5. The predicted molar refractivity (Wildman–Crippen MR) is 29.3 cm³/mol. The van der Waals surface area contributed by atoms with Crippen molar-refractivity contribution in [3.63, 3.8) is 0 Å². The van der Waals surface area contributed by atoms with Crippen LogP contribution >= 0.6 is 0 Å². The fourth-order valence-corrected chi connectivity index (χ4v) is 0.291. The Balaban J connectivity index is 2.82. The number of aliphatic hydroxyl groups excluding tert-OH is 1. The van der Waals surface area contributed by atoms with Crippen LogP contribution < -0.4 is 11.1 Å². The molecule has 0 atom stereocenters. The second-order valence-electron chi connectivity index (χ2n) is 1.37. The van der Waals surface area contributed by atoms with E-state index in [0.29, 0.717) is 13.0 Å². The standard InChI is InChI=1S/C4H10N2O2/c5-4(8)6-2-1-3-7/h7H,1-3H2,(H3,5,6,8). The summed E-state index contributed by atoms with van der Waals surface area (Å²) in [6.45, 7) is 0.534. The summed E-state index contributed by atoms with van der Waals surface area (Å²) >= 11 is 0. The maximum absolute atomic E-state index is 9.90. The number of amides is 2. The molecule has 4 nitrogen and oxygen atoms in total. The highest BCUT2D eigenvalue weighted by Gasteiger charge is 1.86. The lowest BCUT2D eigenvalue weighted by Gasteiger charge is -1.95. The lowest BCUT2D eigenvalue weighted by Crippen LogP contribution is -2.30. The number of nitrogens with one attached hydrogen (secondary N) is 1. The average molecular weight is 118 g/mol. The van der Waals surface area contributed by atoms with E-state index in [4.69, 9.17) is 10.8 Å². The van der Waals surface area contributed by atoms with Crippen LogP contribution in [0.4, 0.5) is 4.79 Å². The Bertz CT molecular complexity index is 74.4. The molecule has 0 bridgehead atoms. The van der Waals surface area contributed by atoms with Gasteiger partial charge in [-0.2, -0.15) is 0 Å². The third kappa shape index (κ3) is 5.23. The molecule has 4 N–H and O–H groups in total. The molecule has 4 heteroatoms. The van der Waals surface area contributed by atoms with Gasteiger partial charge in [-0.3, -0.25) is 0 Å². The summed E-state index contributed by atoms with van der Waals surface area (Å²) in [7, 11) is 0. The maximum Gasteiger partial charge on any atom is 0.312 e. The van der Waals surface area contributed by atoms with Gasteiger partial charge in [-0.1, -0.05) is 0 Å². The molecule has 0 saturated heterocycles. The summed E-state index contributed by atoms with van der Waals surface area (Å²) in [5.41, 5.74) is 4.70. The van der Waals surface area contributed by atoms with E-state index in [2.05, 4.69) is 5.32 Å². The fraction of sp³-hybridized carbons (Fsp3) is 0.750. The molecular weight excluding hydrogens is 108 g/mol. The minimum absolute atomic E-state index is 0.0836. The van der Waals surface area contributed by atoms with E-state index in [1.165, 1.54) is 0 Å². The van der Waals surface area contributed by atoms with E-state index in [1.54, 1.807) is 0 Å². The summed E-state index contributed by atoms with van der Waals surface area (Å²) in [6.07, 6.45) is 0.558. The Kier molecular flexibility index (Phi) is 3.97. The van der Waals surface area contributed by atoms with E-state index in [-0.39, 0.29) is 6.61 Å². The molecular formula is C4H10N2O2. The molecule has 0 fully saturated rings. The van der Waals surface area contributed by atoms with Crippen molar-refractivity contribution in [2.45, 2.75) is 6.42 Å². The van der Waals surface area contributed by atoms with Gasteiger partial charge in [0.05, 0.1) is 0 Å². The quantitative estimate of drug-likeness (QED) is 0.417. The Morgan fingerprint density at radius 2 is 2.38 bits per heavy atom. The number of carbonyl (C=O) groups is 1. The zero-order chi connectivity index (χ0) is 6.41. The van der Waals surface area contributed by atoms with Gasteiger partial charge in [0.1, 0.15) is 0 Å². The summed E-state index contributed by atoms with van der Waals surface area (Å²) < 4.78 is 0. The van der Waals surface area contributed by atoms with Crippen molar-refractivity contribution in [2.24, 2.45) is 5.73 Å². The van der Waals surface area contributed by atoms with Gasteiger partial charge < -0.3 is 16.2 Å². The first-order valence-corrected chi connectivity index (χ1v) is 2.41. The molecule has 0 radical (unpaired) electrons. The largest absolute Gasteiger partial charge is 0.396 e. The summed E-state index contributed by atoms with van der Waals surface area (Å²) in [6, 6.07) is -0.543. The van der Waals surface area contributed by atoms with E-state index >= 15 is 0 Å². The van der Waals surface area contributed by atoms with Crippen molar-refractivity contribution in [3.8, 4) is 0 Å². The summed E-state index contributed by atoms with van der Waals surface area (Å²) in [5.74, 6) is 0. The molecule has 0 aromatic heterocycles. The van der Waals surface area contributed by atoms with Crippen molar-refractivity contribution >= 4 is 6.03 Å². The van der Waals surface area contributed by atoms with E-state index in [1.807, 2.05) is 0 Å². The predicted octanol–water partition coefficient (Wildman–Crippen LogP) is -0.963. The topological polar surface area (TPSA) is 75.4 Å². The van der Waals surface area contributed by atoms with Crippen molar-refractivity contribution in [1.29, 1.82) is 0 Å². The van der Waals surface area contributed by atoms with E-state index in [0.717, 1.165) is 0 Å². The smallest absolute Gasteiger partial charge is 0.312 e. The Hall–Kier alpha value is -0.770. The monoisotopic (exact) mass is 118 g/mol. The van der Waals surface area contributed by atoms with Gasteiger partial charge in [0, 0.05) is 13.2 Å². The van der Waals surface area contributed by atoms with E-state index < -0.39 is 6.03 Å². The molecule has 0 aliphatic carbocycles. The SMILES string of the molecule is NC(=O)NCCCO. The van der Waals surface area contributed by atoms with Crippen LogP contribution in [0.25, 0.3) is 0 Å². The van der Waals surface area contributed by atoms with Crippen LogP contribution in [0.15, 0.2) is 0 Å². The molecule has 48 valence electrons. The molecule has 0 rings (SSSR count). The van der Waals surface area contributed by atoms with Crippen molar-refractivity contribution < 1.29 is 9.90 Å². The molecule has 0 aromatic rings. The molecule has 0 aromatic carbocycles. The van der Waals surface area contributed by atoms with Crippen molar-refractivity contribution in [2.75, 3.05) is 13.2 Å². The lowest BCUT2D eigenvalue weighted by molar-refractivity contribution is 0.246. The fourth-order valence-electron chi connectivity index (χ4n) is 0.291.